The van der Waals surface area contributed by atoms with Crippen LogP contribution in [0.3, 0.4) is 0 Å². The van der Waals surface area contributed by atoms with Crippen molar-refractivity contribution in [3.05, 3.63) is 34.6 Å². The third-order valence-electron chi connectivity index (χ3n) is 4.92. The van der Waals surface area contributed by atoms with Crippen molar-refractivity contribution in [3.63, 3.8) is 0 Å². The third-order valence-corrected chi connectivity index (χ3v) is 5.23. The molecule has 1 spiro atoms. The third kappa shape index (κ3) is 2.67. The molecule has 1 N–H and O–H groups in total. The van der Waals surface area contributed by atoms with Crippen LogP contribution in [0.5, 0.6) is 0 Å². The number of rotatable bonds is 1. The fraction of sp³-hybridized carbons (Fsp3) is 0.562. The monoisotopic (exact) mass is 311 g/mol. The number of carbonyl (C=O) groups is 1. The molecule has 2 fully saturated rings. The summed E-state index contributed by atoms with van der Waals surface area (Å²) in [5, 5.41) is 10.4. The molecule has 1 aliphatic carbocycles. The molecule has 1 aromatic rings. The Balaban J connectivity index is 1.81. The Bertz CT molecular complexity index is 565. The minimum atomic E-state index is -0.446. The molecule has 1 heterocycles. The topological polar surface area (TPSA) is 40.5 Å². The Labute approximate surface area is 128 Å². The Kier molecular flexibility index (Phi) is 3.93. The molecule has 0 unspecified atom stereocenters. The summed E-state index contributed by atoms with van der Waals surface area (Å²) in [7, 11) is 0. The lowest BCUT2D eigenvalue weighted by Gasteiger charge is -2.42. The fourth-order valence-electron chi connectivity index (χ4n) is 3.76. The molecule has 0 aromatic heterocycles. The van der Waals surface area contributed by atoms with E-state index in [2.05, 4.69) is 0 Å². The molecule has 3 rings (SSSR count). The number of likely N-dealkylation sites (tertiary alicyclic amines) is 1. The number of hydrogen-bond acceptors (Lipinski definition) is 2. The van der Waals surface area contributed by atoms with Gasteiger partial charge in [-0.05, 0) is 43.9 Å². The standard InChI is InChI=1S/C16H19ClFNO2/c17-13-9-11(18)4-5-12(13)15(21)19-8-2-7-16(10-19)6-1-3-14(16)20/h4-5,9,14,20H,1-3,6-8,10H2/t14-,16-/m1/s1. The van der Waals surface area contributed by atoms with Gasteiger partial charge in [-0.2, -0.15) is 0 Å². The van der Waals surface area contributed by atoms with Crippen molar-refractivity contribution in [1.82, 2.24) is 4.90 Å². The van der Waals surface area contributed by atoms with E-state index in [0.717, 1.165) is 32.1 Å². The Morgan fingerprint density at radius 3 is 2.81 bits per heavy atom. The number of hydrogen-bond donors (Lipinski definition) is 1. The van der Waals surface area contributed by atoms with Crippen molar-refractivity contribution >= 4 is 17.5 Å². The molecule has 1 aliphatic heterocycles. The van der Waals surface area contributed by atoms with Gasteiger partial charge >= 0.3 is 0 Å². The second-order valence-electron chi connectivity index (χ2n) is 6.22. The summed E-state index contributed by atoms with van der Waals surface area (Å²) in [4.78, 5) is 14.4. The average molecular weight is 312 g/mol. The van der Waals surface area contributed by atoms with Gasteiger partial charge < -0.3 is 10.0 Å². The van der Waals surface area contributed by atoms with Gasteiger partial charge in [0.2, 0.25) is 0 Å². The van der Waals surface area contributed by atoms with Crippen LogP contribution in [0.4, 0.5) is 4.39 Å². The number of aliphatic hydroxyl groups excluding tert-OH is 1. The van der Waals surface area contributed by atoms with Gasteiger partial charge in [-0.3, -0.25) is 4.79 Å². The lowest BCUT2D eigenvalue weighted by Crippen LogP contribution is -2.49. The summed E-state index contributed by atoms with van der Waals surface area (Å²) >= 11 is 5.99. The van der Waals surface area contributed by atoms with E-state index >= 15 is 0 Å². The zero-order valence-electron chi connectivity index (χ0n) is 11.8. The molecular weight excluding hydrogens is 293 g/mol. The highest BCUT2D eigenvalue weighted by Gasteiger charge is 2.45. The van der Waals surface area contributed by atoms with Gasteiger partial charge in [0.1, 0.15) is 5.82 Å². The first kappa shape index (κ1) is 14.8. The normalized spacial score (nSPS) is 29.1. The van der Waals surface area contributed by atoms with Crippen molar-refractivity contribution < 1.29 is 14.3 Å². The summed E-state index contributed by atoms with van der Waals surface area (Å²) in [5.41, 5.74) is 0.183. The van der Waals surface area contributed by atoms with Crippen molar-refractivity contribution in [2.45, 2.75) is 38.2 Å². The molecule has 1 amide bonds. The number of amides is 1. The molecule has 5 heteroatoms. The molecule has 3 nitrogen and oxygen atoms in total. The van der Waals surface area contributed by atoms with Crippen molar-refractivity contribution in [2.24, 2.45) is 5.41 Å². The van der Waals surface area contributed by atoms with Crippen LogP contribution in [0.25, 0.3) is 0 Å². The summed E-state index contributed by atoms with van der Waals surface area (Å²) in [6.07, 6.45) is 4.34. The van der Waals surface area contributed by atoms with E-state index in [4.69, 9.17) is 11.6 Å². The number of aliphatic hydroxyl groups is 1. The first-order valence-corrected chi connectivity index (χ1v) is 7.82. The number of carbonyl (C=O) groups excluding carboxylic acids is 1. The first-order chi connectivity index (χ1) is 10.0. The smallest absolute Gasteiger partial charge is 0.255 e. The molecule has 114 valence electrons. The average Bonchev–Trinajstić information content (AvgIpc) is 2.79. The van der Waals surface area contributed by atoms with Crippen molar-refractivity contribution in [2.75, 3.05) is 13.1 Å². The van der Waals surface area contributed by atoms with Crippen LogP contribution < -0.4 is 0 Å². The lowest BCUT2D eigenvalue weighted by atomic mass is 9.76. The maximum absolute atomic E-state index is 13.1. The van der Waals surface area contributed by atoms with E-state index in [9.17, 15) is 14.3 Å². The van der Waals surface area contributed by atoms with Crippen LogP contribution in [0.1, 0.15) is 42.5 Å². The Hall–Kier alpha value is -1.13. The lowest BCUT2D eigenvalue weighted by molar-refractivity contribution is -0.00535. The molecule has 0 bridgehead atoms. The predicted molar refractivity (Wildman–Crippen MR) is 78.8 cm³/mol. The second kappa shape index (κ2) is 5.58. The van der Waals surface area contributed by atoms with Crippen LogP contribution in [0, 0.1) is 11.2 Å². The summed E-state index contributed by atoms with van der Waals surface area (Å²) in [5.74, 6) is -0.615. The second-order valence-corrected chi connectivity index (χ2v) is 6.63. The van der Waals surface area contributed by atoms with Gasteiger partial charge in [-0.1, -0.05) is 18.0 Å². The molecule has 1 saturated carbocycles. The highest BCUT2D eigenvalue weighted by atomic mass is 35.5. The minimum absolute atomic E-state index is 0.145. The number of halogens is 2. The van der Waals surface area contributed by atoms with E-state index in [1.54, 1.807) is 4.90 Å². The maximum Gasteiger partial charge on any atom is 0.255 e. The van der Waals surface area contributed by atoms with Gasteiger partial charge in [-0.25, -0.2) is 4.39 Å². The van der Waals surface area contributed by atoms with Crippen LogP contribution in [-0.2, 0) is 0 Å². The highest BCUT2D eigenvalue weighted by Crippen LogP contribution is 2.45. The van der Waals surface area contributed by atoms with Crippen molar-refractivity contribution in [1.29, 1.82) is 0 Å². The van der Waals surface area contributed by atoms with Gasteiger partial charge in [0.05, 0.1) is 16.7 Å². The molecule has 2 atom stereocenters. The molecular formula is C16H19ClFNO2. The quantitative estimate of drug-likeness (QED) is 0.865. The van der Waals surface area contributed by atoms with E-state index in [-0.39, 0.29) is 22.4 Å². The SMILES string of the molecule is O=C(c1ccc(F)cc1Cl)N1CCC[C@]2(CCC[C@H]2O)C1. The molecule has 1 saturated heterocycles. The van der Waals surface area contributed by atoms with E-state index in [1.807, 2.05) is 0 Å². The number of nitrogens with zero attached hydrogens (tertiary/aromatic N) is 1. The Morgan fingerprint density at radius 1 is 1.38 bits per heavy atom. The summed E-state index contributed by atoms with van der Waals surface area (Å²) < 4.78 is 13.1. The van der Waals surface area contributed by atoms with Crippen molar-refractivity contribution in [3.8, 4) is 0 Å². The van der Waals surface area contributed by atoms with E-state index in [1.165, 1.54) is 18.2 Å². The first-order valence-electron chi connectivity index (χ1n) is 7.44. The van der Waals surface area contributed by atoms with Crippen LogP contribution in [0.2, 0.25) is 5.02 Å². The van der Waals surface area contributed by atoms with Gasteiger partial charge in [0.15, 0.2) is 0 Å². The predicted octanol–water partition coefficient (Wildman–Crippen LogP) is 3.25. The maximum atomic E-state index is 13.1. The molecule has 2 aliphatic rings. The van der Waals surface area contributed by atoms with Gasteiger partial charge in [-0.15, -0.1) is 0 Å². The Morgan fingerprint density at radius 2 is 2.14 bits per heavy atom. The van der Waals surface area contributed by atoms with Crippen LogP contribution >= 0.6 is 11.6 Å². The zero-order valence-corrected chi connectivity index (χ0v) is 12.6. The van der Waals surface area contributed by atoms with Gasteiger partial charge in [0, 0.05) is 18.5 Å². The number of benzene rings is 1. The van der Waals surface area contributed by atoms with Gasteiger partial charge in [0.25, 0.3) is 5.91 Å². The molecule has 0 radical (unpaired) electrons. The fourth-order valence-corrected chi connectivity index (χ4v) is 4.01. The molecule has 21 heavy (non-hydrogen) atoms. The number of piperidine rings is 1. The zero-order chi connectivity index (χ0) is 15.0. The van der Waals surface area contributed by atoms with E-state index in [0.29, 0.717) is 18.7 Å². The summed E-state index contributed by atoms with van der Waals surface area (Å²) in [6, 6.07) is 3.86. The van der Waals surface area contributed by atoms with Crippen LogP contribution in [0.15, 0.2) is 18.2 Å². The van der Waals surface area contributed by atoms with Crippen LogP contribution in [-0.4, -0.2) is 35.1 Å². The highest BCUT2D eigenvalue weighted by molar-refractivity contribution is 6.33. The summed E-state index contributed by atoms with van der Waals surface area (Å²) in [6.45, 7) is 1.24. The molecule has 1 aromatic carbocycles. The minimum Gasteiger partial charge on any atom is -0.392 e. The van der Waals surface area contributed by atoms with E-state index < -0.39 is 5.82 Å². The largest absolute Gasteiger partial charge is 0.392 e.